The molecule has 2 aromatic carbocycles. The summed E-state index contributed by atoms with van der Waals surface area (Å²) in [5, 5.41) is 4.67. The molecule has 0 saturated carbocycles. The van der Waals surface area contributed by atoms with E-state index in [2.05, 4.69) is 10.5 Å². The number of benzene rings is 2. The highest BCUT2D eigenvalue weighted by Crippen LogP contribution is 2.34. The van der Waals surface area contributed by atoms with E-state index in [0.717, 1.165) is 21.8 Å². The van der Waals surface area contributed by atoms with Crippen LogP contribution < -0.4 is 14.9 Å². The minimum absolute atomic E-state index is 0.176. The third kappa shape index (κ3) is 4.21. The lowest BCUT2D eigenvalue weighted by Crippen LogP contribution is -2.19. The van der Waals surface area contributed by atoms with E-state index in [0.29, 0.717) is 10.8 Å². The minimum atomic E-state index is -0.176. The number of nitrogens with one attached hydrogen (secondary N) is 1. The Balaban J connectivity index is 1.52. The summed E-state index contributed by atoms with van der Waals surface area (Å²) in [5.74, 6) is 1.52. The van der Waals surface area contributed by atoms with Gasteiger partial charge in [0.15, 0.2) is 11.5 Å². The summed E-state index contributed by atoms with van der Waals surface area (Å²) in [6.45, 7) is 2.18. The molecule has 3 rings (SSSR count). The number of thioether (sulfide) groups is 1. The Labute approximate surface area is 149 Å². The number of hydrogen-bond donors (Lipinski definition) is 1. The molecule has 5 nitrogen and oxygen atoms in total. The maximum absolute atomic E-state index is 11.8. The van der Waals surface area contributed by atoms with Crippen LogP contribution in [0.5, 0.6) is 11.5 Å². The number of amides is 1. The minimum Gasteiger partial charge on any atom is -0.454 e. The van der Waals surface area contributed by atoms with Crippen molar-refractivity contribution in [3.63, 3.8) is 0 Å². The van der Waals surface area contributed by atoms with Gasteiger partial charge in [0.25, 0.3) is 0 Å². The Morgan fingerprint density at radius 1 is 1.29 bits per heavy atom. The zero-order valence-electron chi connectivity index (χ0n) is 12.9. The van der Waals surface area contributed by atoms with E-state index < -0.39 is 0 Å². The second kappa shape index (κ2) is 7.59. The van der Waals surface area contributed by atoms with E-state index in [4.69, 9.17) is 21.1 Å². The molecule has 0 fully saturated rings. The average molecular weight is 363 g/mol. The van der Waals surface area contributed by atoms with Gasteiger partial charge in [-0.1, -0.05) is 11.6 Å². The van der Waals surface area contributed by atoms with Crippen LogP contribution in [0.25, 0.3) is 0 Å². The zero-order chi connectivity index (χ0) is 16.9. The van der Waals surface area contributed by atoms with Crippen LogP contribution >= 0.6 is 23.4 Å². The van der Waals surface area contributed by atoms with Crippen molar-refractivity contribution in [2.75, 3.05) is 12.5 Å². The quantitative estimate of drug-likeness (QED) is 0.501. The lowest BCUT2D eigenvalue weighted by molar-refractivity contribution is -0.118. The molecule has 0 aliphatic carbocycles. The highest BCUT2D eigenvalue weighted by atomic mass is 35.5. The van der Waals surface area contributed by atoms with Crippen molar-refractivity contribution in [2.45, 2.75) is 11.8 Å². The molecular weight excluding hydrogens is 348 g/mol. The molecule has 0 radical (unpaired) electrons. The van der Waals surface area contributed by atoms with Gasteiger partial charge in [0, 0.05) is 15.5 Å². The van der Waals surface area contributed by atoms with Crippen LogP contribution in [0.15, 0.2) is 46.4 Å². The number of ether oxygens (including phenoxy) is 2. The number of aryl methyl sites for hydroxylation is 1. The van der Waals surface area contributed by atoms with Crippen LogP contribution in [0, 0.1) is 6.92 Å². The molecule has 124 valence electrons. The number of fused-ring (bicyclic) bond motifs is 1. The number of hydrazone groups is 1. The van der Waals surface area contributed by atoms with E-state index in [9.17, 15) is 4.79 Å². The van der Waals surface area contributed by atoms with Gasteiger partial charge in [-0.15, -0.1) is 11.8 Å². The van der Waals surface area contributed by atoms with Gasteiger partial charge < -0.3 is 9.47 Å². The van der Waals surface area contributed by atoms with Crippen LogP contribution in [-0.2, 0) is 4.79 Å². The van der Waals surface area contributed by atoms with E-state index in [-0.39, 0.29) is 18.5 Å². The van der Waals surface area contributed by atoms with E-state index in [1.807, 2.05) is 31.2 Å². The lowest BCUT2D eigenvalue weighted by atomic mass is 10.1. The van der Waals surface area contributed by atoms with Crippen LogP contribution in [0.2, 0.25) is 5.02 Å². The van der Waals surface area contributed by atoms with Crippen molar-refractivity contribution in [3.05, 3.63) is 52.5 Å². The fourth-order valence-corrected chi connectivity index (χ4v) is 2.90. The summed E-state index contributed by atoms with van der Waals surface area (Å²) in [4.78, 5) is 12.8. The smallest absolute Gasteiger partial charge is 0.250 e. The van der Waals surface area contributed by atoms with Gasteiger partial charge in [-0.2, -0.15) is 5.10 Å². The topological polar surface area (TPSA) is 59.9 Å². The highest BCUT2D eigenvalue weighted by molar-refractivity contribution is 8.00. The van der Waals surface area contributed by atoms with Crippen LogP contribution in [0.4, 0.5) is 0 Å². The Morgan fingerprint density at radius 3 is 2.75 bits per heavy atom. The Bertz CT molecular complexity index is 778. The monoisotopic (exact) mass is 362 g/mol. The molecule has 1 N–H and O–H groups in total. The fraction of sp³-hybridized carbons (Fsp3) is 0.176. The molecule has 1 amide bonds. The number of halogens is 1. The molecule has 0 aromatic heterocycles. The molecule has 1 aliphatic heterocycles. The molecule has 1 heterocycles. The average Bonchev–Trinajstić information content (AvgIpc) is 3.01. The van der Waals surface area contributed by atoms with Gasteiger partial charge in [-0.3, -0.25) is 4.79 Å². The van der Waals surface area contributed by atoms with Gasteiger partial charge >= 0.3 is 0 Å². The first-order valence-electron chi connectivity index (χ1n) is 7.22. The number of rotatable bonds is 5. The molecule has 1 aliphatic rings. The fourth-order valence-electron chi connectivity index (χ4n) is 2.08. The maximum Gasteiger partial charge on any atom is 0.250 e. The summed E-state index contributed by atoms with van der Waals surface area (Å²) in [6.07, 6.45) is 1.60. The van der Waals surface area contributed by atoms with Crippen LogP contribution in [0.3, 0.4) is 0 Å². The summed E-state index contributed by atoms with van der Waals surface area (Å²) in [6, 6.07) is 11.1. The molecule has 0 atom stereocenters. The summed E-state index contributed by atoms with van der Waals surface area (Å²) in [7, 11) is 0. The van der Waals surface area contributed by atoms with Gasteiger partial charge in [0.2, 0.25) is 12.7 Å². The molecule has 0 unspecified atom stereocenters. The maximum atomic E-state index is 11.8. The van der Waals surface area contributed by atoms with Crippen LogP contribution in [-0.4, -0.2) is 24.7 Å². The largest absolute Gasteiger partial charge is 0.454 e. The molecule has 2 aromatic rings. The number of carbonyl (C=O) groups is 1. The van der Waals surface area contributed by atoms with Gasteiger partial charge in [0.05, 0.1) is 12.0 Å². The van der Waals surface area contributed by atoms with Crippen molar-refractivity contribution in [1.82, 2.24) is 5.43 Å². The predicted molar refractivity (Wildman–Crippen MR) is 95.2 cm³/mol. The van der Waals surface area contributed by atoms with Gasteiger partial charge in [-0.05, 0) is 48.9 Å². The second-order valence-corrected chi connectivity index (χ2v) is 6.58. The van der Waals surface area contributed by atoms with Crippen molar-refractivity contribution in [1.29, 1.82) is 0 Å². The number of carbonyl (C=O) groups excluding carboxylic acids is 1. The molecule has 0 saturated heterocycles. The normalized spacial score (nSPS) is 12.6. The summed E-state index contributed by atoms with van der Waals surface area (Å²) in [5.41, 5.74) is 4.38. The first kappa shape index (κ1) is 16.7. The van der Waals surface area contributed by atoms with Gasteiger partial charge in [-0.25, -0.2) is 5.43 Å². The summed E-state index contributed by atoms with van der Waals surface area (Å²) < 4.78 is 10.6. The second-order valence-electron chi connectivity index (χ2n) is 5.10. The van der Waals surface area contributed by atoms with Crippen molar-refractivity contribution < 1.29 is 14.3 Å². The Kier molecular flexibility index (Phi) is 5.27. The van der Waals surface area contributed by atoms with E-state index in [1.54, 1.807) is 18.3 Å². The van der Waals surface area contributed by atoms with Crippen molar-refractivity contribution >= 4 is 35.5 Å². The highest BCUT2D eigenvalue weighted by Gasteiger charge is 2.14. The Hall–Kier alpha value is -2.18. The molecule has 0 spiro atoms. The standard InChI is InChI=1S/C17H15ClN2O3S/c1-11-6-15-16(23-10-22-15)7-12(11)8-19-20-17(21)9-24-14-4-2-13(18)3-5-14/h2-8H,9-10H2,1H3,(H,20,21)/b19-8-. The molecular formula is C17H15ClN2O3S. The van der Waals surface area contributed by atoms with Crippen LogP contribution in [0.1, 0.15) is 11.1 Å². The third-order valence-electron chi connectivity index (χ3n) is 3.34. The van der Waals surface area contributed by atoms with Crippen molar-refractivity contribution in [2.24, 2.45) is 5.10 Å². The SMILES string of the molecule is Cc1cc2c(cc1/C=N\NC(=O)CSc1ccc(Cl)cc1)OCO2. The van der Waals surface area contributed by atoms with E-state index >= 15 is 0 Å². The first-order chi connectivity index (χ1) is 11.6. The third-order valence-corrected chi connectivity index (χ3v) is 4.60. The lowest BCUT2D eigenvalue weighted by Gasteiger charge is -2.03. The molecule has 24 heavy (non-hydrogen) atoms. The number of nitrogens with zero attached hydrogens (tertiary/aromatic N) is 1. The zero-order valence-corrected chi connectivity index (χ0v) is 14.5. The number of hydrogen-bond acceptors (Lipinski definition) is 5. The Morgan fingerprint density at radius 2 is 2.00 bits per heavy atom. The summed E-state index contributed by atoms with van der Waals surface area (Å²) >= 11 is 7.25. The van der Waals surface area contributed by atoms with E-state index in [1.165, 1.54) is 11.8 Å². The molecule has 7 heteroatoms. The first-order valence-corrected chi connectivity index (χ1v) is 8.59. The van der Waals surface area contributed by atoms with Gasteiger partial charge in [0.1, 0.15) is 0 Å². The molecule has 0 bridgehead atoms. The van der Waals surface area contributed by atoms with Crippen molar-refractivity contribution in [3.8, 4) is 11.5 Å². The predicted octanol–water partition coefficient (Wildman–Crippen LogP) is 3.62.